The van der Waals surface area contributed by atoms with Gasteiger partial charge >= 0.3 is 0 Å². The van der Waals surface area contributed by atoms with E-state index >= 15 is 0 Å². The van der Waals surface area contributed by atoms with Gasteiger partial charge < -0.3 is 10.1 Å². The van der Waals surface area contributed by atoms with Crippen LogP contribution in [0.5, 0.6) is 0 Å². The van der Waals surface area contributed by atoms with Gasteiger partial charge in [0.2, 0.25) is 10.0 Å². The van der Waals surface area contributed by atoms with E-state index in [1.54, 1.807) is 19.1 Å². The smallest absolute Gasteiger partial charge is 0.255 e. The normalized spacial score (nSPS) is 12.6. The van der Waals surface area contributed by atoms with E-state index in [2.05, 4.69) is 10.0 Å². The van der Waals surface area contributed by atoms with Crippen LogP contribution in [0, 0.1) is 13.8 Å². The van der Waals surface area contributed by atoms with Gasteiger partial charge in [-0.1, -0.05) is 17.2 Å². The molecule has 0 aromatic heterocycles. The number of aryl methyl sites for hydroxylation is 2. The third-order valence-corrected chi connectivity index (χ3v) is 5.28. The van der Waals surface area contributed by atoms with Crippen molar-refractivity contribution in [3.63, 3.8) is 0 Å². The highest BCUT2D eigenvalue weighted by Gasteiger charge is 2.17. The van der Waals surface area contributed by atoms with Gasteiger partial charge in [0, 0.05) is 24.4 Å². The summed E-state index contributed by atoms with van der Waals surface area (Å²) in [7, 11) is -2.12. The third kappa shape index (κ3) is 5.39. The van der Waals surface area contributed by atoms with E-state index in [1.807, 2.05) is 32.0 Å². The molecule has 0 spiro atoms. The van der Waals surface area contributed by atoms with Crippen LogP contribution in [-0.2, 0) is 14.8 Å². The molecule has 2 aromatic carbocycles. The van der Waals surface area contributed by atoms with Crippen molar-refractivity contribution in [1.82, 2.24) is 4.72 Å². The van der Waals surface area contributed by atoms with Gasteiger partial charge in [-0.15, -0.1) is 0 Å². The third-order valence-electron chi connectivity index (χ3n) is 3.68. The Labute approximate surface area is 154 Å². The average Bonchev–Trinajstić information content (AvgIpc) is 2.54. The number of nitrogens with one attached hydrogen (secondary N) is 2. The fraction of sp³-hybridized carbons (Fsp3) is 0.316. The lowest BCUT2D eigenvalue weighted by Gasteiger charge is -2.13. The van der Waals surface area contributed by atoms with Gasteiger partial charge in [0.15, 0.2) is 0 Å². The number of anilines is 1. The number of carbonyl (C=O) groups is 1. The molecule has 0 aliphatic heterocycles. The van der Waals surface area contributed by atoms with Crippen molar-refractivity contribution in [3.05, 3.63) is 59.2 Å². The molecule has 1 atom stereocenters. The Morgan fingerprint density at radius 1 is 1.08 bits per heavy atom. The number of carbonyl (C=O) groups excluding carboxylic acids is 1. The van der Waals surface area contributed by atoms with Gasteiger partial charge in [0.25, 0.3) is 5.91 Å². The Balaban J connectivity index is 2.10. The van der Waals surface area contributed by atoms with Crippen molar-refractivity contribution < 1.29 is 17.9 Å². The molecule has 0 fully saturated rings. The second-order valence-corrected chi connectivity index (χ2v) is 8.05. The molecule has 140 valence electrons. The lowest BCUT2D eigenvalue weighted by atomic mass is 10.1. The first-order valence-corrected chi connectivity index (χ1v) is 9.70. The van der Waals surface area contributed by atoms with Crippen LogP contribution in [0.25, 0.3) is 0 Å². The minimum Gasteiger partial charge on any atom is -0.383 e. The van der Waals surface area contributed by atoms with E-state index in [4.69, 9.17) is 4.74 Å². The predicted octanol–water partition coefficient (Wildman–Crippen LogP) is 2.87. The molecular formula is C19H24N2O4S. The molecule has 1 amide bonds. The zero-order valence-electron chi connectivity index (χ0n) is 15.4. The molecule has 6 nitrogen and oxygen atoms in total. The molecule has 2 aromatic rings. The minimum absolute atomic E-state index is 0.129. The van der Waals surface area contributed by atoms with Gasteiger partial charge in [0.05, 0.1) is 11.5 Å². The van der Waals surface area contributed by atoms with Gasteiger partial charge in [-0.2, -0.15) is 0 Å². The number of benzene rings is 2. The summed E-state index contributed by atoms with van der Waals surface area (Å²) >= 11 is 0. The summed E-state index contributed by atoms with van der Waals surface area (Å²) in [4.78, 5) is 12.5. The summed E-state index contributed by atoms with van der Waals surface area (Å²) in [5, 5.41) is 2.78. The van der Waals surface area contributed by atoms with Crippen LogP contribution in [0.1, 0.15) is 28.4 Å². The maximum atomic E-state index is 12.4. The summed E-state index contributed by atoms with van der Waals surface area (Å²) < 4.78 is 32.1. The lowest BCUT2D eigenvalue weighted by Crippen LogP contribution is -2.35. The van der Waals surface area contributed by atoms with Crippen molar-refractivity contribution >= 4 is 21.6 Å². The molecule has 0 radical (unpaired) electrons. The SMILES string of the molecule is COCC(C)NS(=O)(=O)c1ccc(NC(=O)c2cc(C)cc(C)c2)cc1. The minimum atomic E-state index is -3.63. The molecule has 0 aliphatic carbocycles. The fourth-order valence-electron chi connectivity index (χ4n) is 2.64. The molecule has 2 rings (SSSR count). The van der Waals surface area contributed by atoms with E-state index < -0.39 is 10.0 Å². The number of rotatable bonds is 7. The molecule has 26 heavy (non-hydrogen) atoms. The Morgan fingerprint density at radius 2 is 1.65 bits per heavy atom. The molecule has 0 saturated carbocycles. The maximum Gasteiger partial charge on any atom is 0.255 e. The number of sulfonamides is 1. The Kier molecular flexibility index (Phi) is 6.52. The second-order valence-electron chi connectivity index (χ2n) is 6.33. The molecule has 0 aliphatic rings. The quantitative estimate of drug-likeness (QED) is 0.778. The average molecular weight is 376 g/mol. The summed E-state index contributed by atoms with van der Waals surface area (Å²) in [6.45, 7) is 5.87. The van der Waals surface area contributed by atoms with Crippen molar-refractivity contribution in [2.75, 3.05) is 19.0 Å². The maximum absolute atomic E-state index is 12.4. The number of ether oxygens (including phenoxy) is 1. The standard InChI is InChI=1S/C19H24N2O4S/c1-13-9-14(2)11-16(10-13)19(22)20-17-5-7-18(8-6-17)26(23,24)21-15(3)12-25-4/h5-11,15,21H,12H2,1-4H3,(H,20,22). The first-order valence-electron chi connectivity index (χ1n) is 8.22. The molecule has 0 saturated heterocycles. The summed E-state index contributed by atoms with van der Waals surface area (Å²) in [6, 6.07) is 11.3. The van der Waals surface area contributed by atoms with Crippen LogP contribution in [0.2, 0.25) is 0 Å². The molecule has 1 unspecified atom stereocenters. The molecular weight excluding hydrogens is 352 g/mol. The first-order chi connectivity index (χ1) is 12.2. The van der Waals surface area contributed by atoms with Crippen molar-refractivity contribution in [2.45, 2.75) is 31.7 Å². The summed E-state index contributed by atoms with van der Waals surface area (Å²) in [5.74, 6) is -0.237. The Bertz CT molecular complexity index is 857. The highest BCUT2D eigenvalue weighted by atomic mass is 32.2. The largest absolute Gasteiger partial charge is 0.383 e. The fourth-order valence-corrected chi connectivity index (χ4v) is 3.87. The van der Waals surface area contributed by atoms with E-state index in [-0.39, 0.29) is 23.5 Å². The molecule has 0 heterocycles. The van der Waals surface area contributed by atoms with Crippen LogP contribution < -0.4 is 10.0 Å². The highest BCUT2D eigenvalue weighted by molar-refractivity contribution is 7.89. The van der Waals surface area contributed by atoms with Crippen LogP contribution in [0.4, 0.5) is 5.69 Å². The predicted molar refractivity (Wildman–Crippen MR) is 102 cm³/mol. The summed E-state index contributed by atoms with van der Waals surface area (Å²) in [5.41, 5.74) is 3.10. The Hall–Kier alpha value is -2.22. The van der Waals surface area contributed by atoms with E-state index in [0.717, 1.165) is 11.1 Å². The van der Waals surface area contributed by atoms with Gasteiger partial charge in [0.1, 0.15) is 0 Å². The van der Waals surface area contributed by atoms with E-state index in [9.17, 15) is 13.2 Å². The van der Waals surface area contributed by atoms with Crippen LogP contribution in [0.15, 0.2) is 47.4 Å². The van der Waals surface area contributed by atoms with Crippen molar-refractivity contribution in [1.29, 1.82) is 0 Å². The number of amides is 1. The topological polar surface area (TPSA) is 84.5 Å². The Morgan fingerprint density at radius 3 is 2.19 bits per heavy atom. The zero-order valence-corrected chi connectivity index (χ0v) is 16.2. The highest BCUT2D eigenvalue weighted by Crippen LogP contribution is 2.16. The van der Waals surface area contributed by atoms with Crippen molar-refractivity contribution in [2.24, 2.45) is 0 Å². The van der Waals surface area contributed by atoms with Crippen molar-refractivity contribution in [3.8, 4) is 0 Å². The number of hydrogen-bond donors (Lipinski definition) is 2. The summed E-state index contributed by atoms with van der Waals surface area (Å²) in [6.07, 6.45) is 0. The van der Waals surface area contributed by atoms with Gasteiger partial charge in [-0.05, 0) is 57.2 Å². The van der Waals surface area contributed by atoms with Gasteiger partial charge in [-0.3, -0.25) is 4.79 Å². The first kappa shape index (κ1) is 20.1. The van der Waals surface area contributed by atoms with Crippen LogP contribution >= 0.6 is 0 Å². The van der Waals surface area contributed by atoms with E-state index in [1.165, 1.54) is 19.2 Å². The van der Waals surface area contributed by atoms with Crippen LogP contribution in [0.3, 0.4) is 0 Å². The lowest BCUT2D eigenvalue weighted by molar-refractivity contribution is 0.102. The molecule has 7 heteroatoms. The van der Waals surface area contributed by atoms with Gasteiger partial charge in [-0.25, -0.2) is 13.1 Å². The second kappa shape index (κ2) is 8.44. The monoisotopic (exact) mass is 376 g/mol. The molecule has 0 bridgehead atoms. The molecule has 2 N–H and O–H groups in total. The van der Waals surface area contributed by atoms with E-state index in [0.29, 0.717) is 11.3 Å². The number of methoxy groups -OCH3 is 1. The van der Waals surface area contributed by atoms with Crippen LogP contribution in [-0.4, -0.2) is 34.1 Å². The zero-order chi connectivity index (χ0) is 19.3. The number of hydrogen-bond acceptors (Lipinski definition) is 4.